The zero-order valence-corrected chi connectivity index (χ0v) is 15.8. The van der Waals surface area contributed by atoms with Crippen LogP contribution < -0.4 is 26.3 Å². The van der Waals surface area contributed by atoms with Crippen LogP contribution in [0.3, 0.4) is 0 Å². The highest BCUT2D eigenvalue weighted by molar-refractivity contribution is 6.32. The van der Waals surface area contributed by atoms with E-state index in [4.69, 9.17) is 26.8 Å². The van der Waals surface area contributed by atoms with E-state index in [0.717, 1.165) is 0 Å². The van der Waals surface area contributed by atoms with Crippen LogP contribution in [0.2, 0.25) is 5.02 Å². The molecule has 0 unspecified atom stereocenters. The molecule has 3 rings (SSSR count). The quantitative estimate of drug-likeness (QED) is 0.529. The molecule has 0 saturated heterocycles. The minimum Gasteiger partial charge on any atom is -0.493 e. The first kappa shape index (κ1) is 20.0. The van der Waals surface area contributed by atoms with Crippen molar-refractivity contribution in [2.75, 3.05) is 19.0 Å². The van der Waals surface area contributed by atoms with Crippen LogP contribution in [0.25, 0.3) is 11.4 Å². The van der Waals surface area contributed by atoms with Crippen LogP contribution >= 0.6 is 11.6 Å². The van der Waals surface area contributed by atoms with Gasteiger partial charge in [-0.25, -0.2) is 4.79 Å². The van der Waals surface area contributed by atoms with Crippen LogP contribution in [0, 0.1) is 0 Å². The molecule has 4 N–H and O–H groups in total. The summed E-state index contributed by atoms with van der Waals surface area (Å²) in [5, 5.41) is 6.38. The lowest BCUT2D eigenvalue weighted by atomic mass is 10.1. The third-order valence-corrected chi connectivity index (χ3v) is 3.97. The van der Waals surface area contributed by atoms with Crippen molar-refractivity contribution in [1.82, 2.24) is 10.1 Å². The zero-order chi connectivity index (χ0) is 21.0. The molecule has 1 heterocycles. The number of rotatable bonds is 7. The van der Waals surface area contributed by atoms with Crippen LogP contribution in [0.5, 0.6) is 11.5 Å². The van der Waals surface area contributed by atoms with Crippen molar-refractivity contribution < 1.29 is 23.6 Å². The van der Waals surface area contributed by atoms with Gasteiger partial charge in [0.15, 0.2) is 23.9 Å². The molecule has 0 aliphatic carbocycles. The summed E-state index contributed by atoms with van der Waals surface area (Å²) in [4.78, 5) is 37.1. The van der Waals surface area contributed by atoms with Gasteiger partial charge in [0.2, 0.25) is 0 Å². The summed E-state index contributed by atoms with van der Waals surface area (Å²) < 4.78 is 14.9. The smallest absolute Gasteiger partial charge is 0.439 e. The number of aromatic amines is 1. The highest BCUT2D eigenvalue weighted by Gasteiger charge is 2.17. The SMILES string of the molecule is COc1cc(C(=O)Nc2cccc(-c3noc(=O)[nH]3)c2)cc(Cl)c1OCC(N)=O. The highest BCUT2D eigenvalue weighted by atomic mass is 35.5. The van der Waals surface area contributed by atoms with E-state index < -0.39 is 24.2 Å². The van der Waals surface area contributed by atoms with E-state index in [-0.39, 0.29) is 27.9 Å². The van der Waals surface area contributed by atoms with Gasteiger partial charge in [-0.15, -0.1) is 0 Å². The van der Waals surface area contributed by atoms with Crippen LogP contribution in [0.4, 0.5) is 5.69 Å². The molecule has 1 aromatic heterocycles. The predicted molar refractivity (Wildman–Crippen MR) is 103 cm³/mol. The van der Waals surface area contributed by atoms with Gasteiger partial charge in [0.05, 0.1) is 12.1 Å². The van der Waals surface area contributed by atoms with Crippen LogP contribution in [0.1, 0.15) is 10.4 Å². The van der Waals surface area contributed by atoms with Gasteiger partial charge in [0.1, 0.15) is 0 Å². The van der Waals surface area contributed by atoms with Crippen molar-refractivity contribution in [2.45, 2.75) is 0 Å². The number of H-pyrrole nitrogens is 1. The third kappa shape index (κ3) is 4.74. The number of aromatic nitrogens is 2. The third-order valence-electron chi connectivity index (χ3n) is 3.68. The van der Waals surface area contributed by atoms with E-state index in [0.29, 0.717) is 11.3 Å². The number of carbonyl (C=O) groups excluding carboxylic acids is 2. The summed E-state index contributed by atoms with van der Waals surface area (Å²) in [6.45, 7) is -0.390. The van der Waals surface area contributed by atoms with E-state index in [1.807, 2.05) is 0 Å². The number of halogens is 1. The molecule has 0 aliphatic heterocycles. The van der Waals surface area contributed by atoms with Gasteiger partial charge in [-0.3, -0.25) is 19.1 Å². The van der Waals surface area contributed by atoms with Crippen molar-refractivity contribution >= 4 is 29.1 Å². The number of nitrogens with zero attached hydrogens (tertiary/aromatic N) is 1. The molecule has 2 aromatic carbocycles. The number of nitrogens with two attached hydrogens (primary N) is 1. The van der Waals surface area contributed by atoms with E-state index >= 15 is 0 Å². The first-order valence-electron chi connectivity index (χ1n) is 8.14. The topological polar surface area (TPSA) is 150 Å². The number of hydrogen-bond acceptors (Lipinski definition) is 7. The maximum atomic E-state index is 12.6. The molecule has 2 amide bonds. The van der Waals surface area contributed by atoms with Crippen molar-refractivity contribution in [3.05, 3.63) is 57.5 Å². The Morgan fingerprint density at radius 1 is 1.31 bits per heavy atom. The van der Waals surface area contributed by atoms with Gasteiger partial charge < -0.3 is 20.5 Å². The Morgan fingerprint density at radius 3 is 2.76 bits per heavy atom. The van der Waals surface area contributed by atoms with Gasteiger partial charge in [0, 0.05) is 16.8 Å². The molecule has 0 bridgehead atoms. The summed E-state index contributed by atoms with van der Waals surface area (Å²) in [6, 6.07) is 9.41. The Labute approximate surface area is 168 Å². The Bertz CT molecular complexity index is 1120. The maximum absolute atomic E-state index is 12.6. The molecule has 0 spiro atoms. The van der Waals surface area contributed by atoms with E-state index in [2.05, 4.69) is 20.0 Å². The molecular formula is C18H15ClN4O6. The van der Waals surface area contributed by atoms with Crippen LogP contribution in [-0.2, 0) is 4.79 Å². The highest BCUT2D eigenvalue weighted by Crippen LogP contribution is 2.36. The van der Waals surface area contributed by atoms with Gasteiger partial charge in [0.25, 0.3) is 11.8 Å². The molecule has 3 aromatic rings. The lowest BCUT2D eigenvalue weighted by molar-refractivity contribution is -0.119. The lowest BCUT2D eigenvalue weighted by Gasteiger charge is -2.13. The number of primary amides is 1. The predicted octanol–water partition coefficient (Wildman–Crippen LogP) is 1.81. The number of nitrogens with one attached hydrogen (secondary N) is 2. The number of methoxy groups -OCH3 is 1. The molecule has 0 atom stereocenters. The first-order valence-corrected chi connectivity index (χ1v) is 8.51. The molecule has 11 heteroatoms. The largest absolute Gasteiger partial charge is 0.493 e. The Morgan fingerprint density at radius 2 is 2.10 bits per heavy atom. The van der Waals surface area contributed by atoms with Crippen LogP contribution in [0.15, 0.2) is 45.7 Å². The molecule has 29 heavy (non-hydrogen) atoms. The van der Waals surface area contributed by atoms with Gasteiger partial charge in [-0.2, -0.15) is 0 Å². The Balaban J connectivity index is 1.83. The van der Waals surface area contributed by atoms with Gasteiger partial charge >= 0.3 is 5.76 Å². The molecule has 0 aliphatic rings. The number of ether oxygens (including phenoxy) is 2. The monoisotopic (exact) mass is 418 g/mol. The molecule has 10 nitrogen and oxygen atoms in total. The normalized spacial score (nSPS) is 10.4. The standard InChI is InChI=1S/C18H15ClN4O6/c1-27-13-7-10(6-12(19)15(13)28-8-14(20)24)17(25)21-11-4-2-3-9(5-11)16-22-18(26)29-23-16/h2-7H,8H2,1H3,(H2,20,24)(H,21,25)(H,22,23,26). The summed E-state index contributed by atoms with van der Waals surface area (Å²) in [6.07, 6.45) is 0. The average molecular weight is 419 g/mol. The van der Waals surface area contributed by atoms with Gasteiger partial charge in [-0.05, 0) is 24.3 Å². The Hall–Kier alpha value is -3.79. The van der Waals surface area contributed by atoms with E-state index in [9.17, 15) is 14.4 Å². The minimum absolute atomic E-state index is 0.0738. The fourth-order valence-electron chi connectivity index (χ4n) is 2.44. The maximum Gasteiger partial charge on any atom is 0.439 e. The number of benzene rings is 2. The fourth-order valence-corrected chi connectivity index (χ4v) is 2.70. The van der Waals surface area contributed by atoms with Crippen molar-refractivity contribution in [2.24, 2.45) is 5.73 Å². The van der Waals surface area contributed by atoms with E-state index in [1.165, 1.54) is 19.2 Å². The lowest BCUT2D eigenvalue weighted by Crippen LogP contribution is -2.20. The summed E-state index contributed by atoms with van der Waals surface area (Å²) in [5.41, 5.74) is 6.24. The second-order valence-electron chi connectivity index (χ2n) is 5.72. The Kier molecular flexibility index (Phi) is 5.84. The molecule has 0 saturated carbocycles. The second kappa shape index (κ2) is 8.48. The van der Waals surface area contributed by atoms with Crippen molar-refractivity contribution in [3.63, 3.8) is 0 Å². The molecule has 150 valence electrons. The number of amides is 2. The molecular weight excluding hydrogens is 404 g/mol. The van der Waals surface area contributed by atoms with Crippen LogP contribution in [-0.4, -0.2) is 35.7 Å². The second-order valence-corrected chi connectivity index (χ2v) is 6.13. The summed E-state index contributed by atoms with van der Waals surface area (Å²) in [7, 11) is 1.37. The fraction of sp³-hybridized carbons (Fsp3) is 0.111. The molecule has 0 fully saturated rings. The van der Waals surface area contributed by atoms with Gasteiger partial charge in [-0.1, -0.05) is 28.9 Å². The number of anilines is 1. The number of hydrogen-bond donors (Lipinski definition) is 3. The van der Waals surface area contributed by atoms with Crippen molar-refractivity contribution in [3.8, 4) is 22.9 Å². The summed E-state index contributed by atoms with van der Waals surface area (Å²) >= 11 is 6.16. The van der Waals surface area contributed by atoms with E-state index in [1.54, 1.807) is 24.3 Å². The number of carbonyl (C=O) groups is 2. The molecule has 0 radical (unpaired) electrons. The minimum atomic E-state index is -0.685. The zero-order valence-electron chi connectivity index (χ0n) is 15.0. The summed E-state index contributed by atoms with van der Waals surface area (Å²) in [5.74, 6) is -1.35. The first-order chi connectivity index (χ1) is 13.9. The average Bonchev–Trinajstić information content (AvgIpc) is 3.13. The van der Waals surface area contributed by atoms with Crippen molar-refractivity contribution in [1.29, 1.82) is 0 Å².